The molecule has 10 heteroatoms. The van der Waals surface area contributed by atoms with E-state index in [0.717, 1.165) is 28.1 Å². The van der Waals surface area contributed by atoms with E-state index < -0.39 is 21.8 Å². The van der Waals surface area contributed by atoms with Gasteiger partial charge in [0, 0.05) is 34.0 Å². The van der Waals surface area contributed by atoms with Crippen LogP contribution in [0.25, 0.3) is 0 Å². The molecule has 0 bridgehead atoms. The molecule has 1 atom stereocenters. The zero-order chi connectivity index (χ0) is 27.4. The van der Waals surface area contributed by atoms with Crippen molar-refractivity contribution in [1.29, 1.82) is 0 Å². The third kappa shape index (κ3) is 8.18. The maximum atomic E-state index is 14.4. The quantitative estimate of drug-likeness (QED) is 0.300. The van der Waals surface area contributed by atoms with Gasteiger partial charge >= 0.3 is 0 Å². The van der Waals surface area contributed by atoms with Gasteiger partial charge in [-0.15, -0.1) is 11.8 Å². The normalized spacial score (nSPS) is 12.7. The first kappa shape index (κ1) is 28.9. The van der Waals surface area contributed by atoms with Crippen LogP contribution in [-0.4, -0.2) is 25.6 Å². The van der Waals surface area contributed by atoms with Crippen molar-refractivity contribution >= 4 is 45.0 Å². The Morgan fingerprint density at radius 1 is 1.11 bits per heavy atom. The number of nitrogens with zero attached hydrogens (tertiary/aromatic N) is 1. The number of carbonyl (C=O) groups is 1. The van der Waals surface area contributed by atoms with E-state index >= 15 is 0 Å². The molecule has 0 fully saturated rings. The van der Waals surface area contributed by atoms with Crippen molar-refractivity contribution in [3.05, 3.63) is 87.8 Å². The molecule has 0 aliphatic rings. The van der Waals surface area contributed by atoms with Gasteiger partial charge in [0.15, 0.2) is 0 Å². The minimum atomic E-state index is -3.61. The molecule has 1 unspecified atom stereocenters. The van der Waals surface area contributed by atoms with Crippen molar-refractivity contribution < 1.29 is 17.6 Å². The molecule has 6 nitrogen and oxygen atoms in total. The highest BCUT2D eigenvalue weighted by atomic mass is 35.5. The van der Waals surface area contributed by atoms with E-state index in [4.69, 9.17) is 16.6 Å². The van der Waals surface area contributed by atoms with Crippen LogP contribution in [0.1, 0.15) is 56.0 Å². The Bertz CT molecular complexity index is 1390. The first-order chi connectivity index (χ1) is 17.2. The van der Waals surface area contributed by atoms with Crippen molar-refractivity contribution in [1.82, 2.24) is 10.3 Å². The van der Waals surface area contributed by atoms with Crippen LogP contribution < -0.4 is 10.0 Å². The number of hydrogen-bond acceptors (Lipinski definition) is 5. The highest BCUT2D eigenvalue weighted by Gasteiger charge is 2.20. The Morgan fingerprint density at radius 3 is 2.43 bits per heavy atom. The lowest BCUT2D eigenvalue weighted by Gasteiger charge is -2.20. The van der Waals surface area contributed by atoms with Gasteiger partial charge in [0.05, 0.1) is 17.9 Å². The SMILES string of the molecule is CC(C(=O)NCc1ccc(C(C)(C)C)nc1SCc1ccccc1Cl)c1ccc(NS(C)(=O)=O)c(F)c1. The van der Waals surface area contributed by atoms with E-state index in [-0.39, 0.29) is 23.6 Å². The Hall–Kier alpha value is -2.62. The van der Waals surface area contributed by atoms with Crippen LogP contribution >= 0.6 is 23.4 Å². The fourth-order valence-electron chi connectivity index (χ4n) is 3.48. The van der Waals surface area contributed by atoms with Crippen molar-refractivity contribution in [3.8, 4) is 0 Å². The molecule has 1 amide bonds. The smallest absolute Gasteiger partial charge is 0.229 e. The van der Waals surface area contributed by atoms with E-state index in [1.165, 1.54) is 18.2 Å². The summed E-state index contributed by atoms with van der Waals surface area (Å²) < 4.78 is 39.3. The van der Waals surface area contributed by atoms with Crippen LogP contribution in [0.2, 0.25) is 5.02 Å². The van der Waals surface area contributed by atoms with Gasteiger partial charge in [-0.2, -0.15) is 0 Å². The van der Waals surface area contributed by atoms with Gasteiger partial charge in [0.25, 0.3) is 0 Å². The second kappa shape index (κ2) is 11.8. The van der Waals surface area contributed by atoms with Crippen LogP contribution in [0, 0.1) is 5.82 Å². The van der Waals surface area contributed by atoms with Gasteiger partial charge in [0.1, 0.15) is 10.8 Å². The summed E-state index contributed by atoms with van der Waals surface area (Å²) in [4.78, 5) is 17.8. The molecule has 3 rings (SSSR count). The number of amides is 1. The summed E-state index contributed by atoms with van der Waals surface area (Å²) in [6, 6.07) is 15.6. The summed E-state index contributed by atoms with van der Waals surface area (Å²) in [7, 11) is -3.61. The Labute approximate surface area is 227 Å². The molecule has 0 aliphatic heterocycles. The summed E-state index contributed by atoms with van der Waals surface area (Å²) >= 11 is 7.89. The fourth-order valence-corrected chi connectivity index (χ4v) is 5.36. The first-order valence-electron chi connectivity index (χ1n) is 11.7. The Morgan fingerprint density at radius 2 is 1.81 bits per heavy atom. The molecule has 0 spiro atoms. The average molecular weight is 564 g/mol. The summed E-state index contributed by atoms with van der Waals surface area (Å²) in [5.74, 6) is -1.05. The Kier molecular flexibility index (Phi) is 9.26. The molecular formula is C27H31ClFN3O3S2. The van der Waals surface area contributed by atoms with Crippen LogP contribution in [0.3, 0.4) is 0 Å². The largest absolute Gasteiger partial charge is 0.351 e. The lowest BCUT2D eigenvalue weighted by Crippen LogP contribution is -2.28. The number of rotatable bonds is 9. The molecule has 1 heterocycles. The van der Waals surface area contributed by atoms with Gasteiger partial charge < -0.3 is 5.32 Å². The van der Waals surface area contributed by atoms with Crippen LogP contribution in [0.4, 0.5) is 10.1 Å². The first-order valence-corrected chi connectivity index (χ1v) is 14.9. The molecule has 0 saturated heterocycles. The highest BCUT2D eigenvalue weighted by molar-refractivity contribution is 7.98. The van der Waals surface area contributed by atoms with Crippen molar-refractivity contribution in [2.24, 2.45) is 0 Å². The molecule has 1 aromatic heterocycles. The minimum absolute atomic E-state index is 0.141. The average Bonchev–Trinajstić information content (AvgIpc) is 2.81. The third-order valence-corrected chi connectivity index (χ3v) is 7.71. The topological polar surface area (TPSA) is 88.2 Å². The molecule has 0 saturated carbocycles. The predicted octanol–water partition coefficient (Wildman–Crippen LogP) is 6.26. The number of pyridine rings is 1. The van der Waals surface area contributed by atoms with Crippen LogP contribution in [0.15, 0.2) is 59.6 Å². The number of aromatic nitrogens is 1. The minimum Gasteiger partial charge on any atom is -0.351 e. The predicted molar refractivity (Wildman–Crippen MR) is 149 cm³/mol. The number of benzene rings is 2. The van der Waals surface area contributed by atoms with Crippen molar-refractivity contribution in [2.45, 2.75) is 56.4 Å². The van der Waals surface area contributed by atoms with Gasteiger partial charge in [-0.05, 0) is 42.3 Å². The number of nitrogens with one attached hydrogen (secondary N) is 2. The molecule has 0 aliphatic carbocycles. The van der Waals surface area contributed by atoms with E-state index in [1.54, 1.807) is 18.7 Å². The molecule has 2 aromatic carbocycles. The number of halogens is 2. The third-order valence-electron chi connectivity index (χ3n) is 5.66. The van der Waals surface area contributed by atoms with Gasteiger partial charge in [0.2, 0.25) is 15.9 Å². The summed E-state index contributed by atoms with van der Waals surface area (Å²) in [6.07, 6.45) is 0.945. The van der Waals surface area contributed by atoms with Gasteiger partial charge in [-0.25, -0.2) is 17.8 Å². The van der Waals surface area contributed by atoms with Gasteiger partial charge in [-0.3, -0.25) is 9.52 Å². The lowest BCUT2D eigenvalue weighted by molar-refractivity contribution is -0.122. The summed E-state index contributed by atoms with van der Waals surface area (Å²) in [5, 5.41) is 4.42. The molecule has 2 N–H and O–H groups in total. The number of hydrogen-bond donors (Lipinski definition) is 2. The maximum absolute atomic E-state index is 14.4. The standard InChI is InChI=1S/C27H31ClFN3O3S2/c1-17(18-10-12-23(22(29)14-18)32-37(5,34)35)25(33)30-15-19-11-13-24(27(2,3)4)31-26(19)36-16-20-8-6-7-9-21(20)28/h6-14,17,32H,15-16H2,1-5H3,(H,30,33). The van der Waals surface area contributed by atoms with E-state index in [1.807, 2.05) is 36.4 Å². The number of anilines is 1. The zero-order valence-corrected chi connectivity index (χ0v) is 23.8. The van der Waals surface area contributed by atoms with Crippen LogP contribution in [-0.2, 0) is 32.5 Å². The fraction of sp³-hybridized carbons (Fsp3) is 0.333. The molecule has 37 heavy (non-hydrogen) atoms. The van der Waals surface area contributed by atoms with Crippen LogP contribution in [0.5, 0.6) is 0 Å². The van der Waals surface area contributed by atoms with E-state index in [9.17, 15) is 17.6 Å². The summed E-state index contributed by atoms with van der Waals surface area (Å²) in [6.45, 7) is 8.20. The second-order valence-corrected chi connectivity index (χ2v) is 13.0. The molecule has 198 valence electrons. The molecule has 0 radical (unpaired) electrons. The Balaban J connectivity index is 1.75. The number of thioether (sulfide) groups is 1. The number of sulfonamides is 1. The molecular weight excluding hydrogens is 533 g/mol. The van der Waals surface area contributed by atoms with E-state index in [2.05, 4.69) is 30.8 Å². The summed E-state index contributed by atoms with van der Waals surface area (Å²) in [5.41, 5.74) is 2.93. The monoisotopic (exact) mass is 563 g/mol. The van der Waals surface area contributed by atoms with E-state index in [0.29, 0.717) is 16.3 Å². The highest BCUT2D eigenvalue weighted by Crippen LogP contribution is 2.31. The van der Waals surface area contributed by atoms with Crippen molar-refractivity contribution in [2.75, 3.05) is 11.0 Å². The lowest BCUT2D eigenvalue weighted by atomic mass is 9.91. The number of carbonyl (C=O) groups excluding carboxylic acids is 1. The van der Waals surface area contributed by atoms with Crippen molar-refractivity contribution in [3.63, 3.8) is 0 Å². The zero-order valence-electron chi connectivity index (χ0n) is 21.4. The maximum Gasteiger partial charge on any atom is 0.229 e. The van der Waals surface area contributed by atoms with Gasteiger partial charge in [-0.1, -0.05) is 62.7 Å². The molecule has 3 aromatic rings. The second-order valence-electron chi connectivity index (χ2n) is 9.84.